The number of para-hydroxylation sites is 1. The van der Waals surface area contributed by atoms with Gasteiger partial charge >= 0.3 is 0 Å². The minimum atomic E-state index is 0.00957. The molecule has 6 heteroatoms. The summed E-state index contributed by atoms with van der Waals surface area (Å²) in [5.74, 6) is 0.00957. The Labute approximate surface area is 153 Å². The Hall–Kier alpha value is -1.76. The molecule has 0 saturated heterocycles. The number of aromatic nitrogens is 1. The first-order valence-electron chi connectivity index (χ1n) is 7.73. The maximum atomic E-state index is 12.2. The van der Waals surface area contributed by atoms with Crippen molar-refractivity contribution in [3.63, 3.8) is 0 Å². The Morgan fingerprint density at radius 1 is 1.29 bits per heavy atom. The van der Waals surface area contributed by atoms with Gasteiger partial charge in [-0.05, 0) is 42.8 Å². The number of rotatable bonds is 5. The number of nitrogens with one attached hydrogen (secondary N) is 2. The van der Waals surface area contributed by atoms with E-state index in [1.54, 1.807) is 11.3 Å². The maximum absolute atomic E-state index is 12.2. The van der Waals surface area contributed by atoms with Crippen LogP contribution in [0.4, 0.5) is 5.69 Å². The van der Waals surface area contributed by atoms with Gasteiger partial charge in [-0.3, -0.25) is 4.79 Å². The molecule has 0 aliphatic carbocycles. The van der Waals surface area contributed by atoms with Gasteiger partial charge in [-0.1, -0.05) is 28.1 Å². The molecule has 3 rings (SSSR count). The molecule has 1 heterocycles. The molecule has 3 aromatic rings. The molecule has 1 amide bonds. The van der Waals surface area contributed by atoms with E-state index in [2.05, 4.69) is 32.3 Å². The van der Waals surface area contributed by atoms with Crippen LogP contribution in [0.2, 0.25) is 0 Å². The van der Waals surface area contributed by atoms with Crippen molar-refractivity contribution in [1.29, 1.82) is 0 Å². The molecule has 0 radical (unpaired) electrons. The number of carbonyl (C=O) groups is 1. The SMILES string of the molecule is Cc1cc(NC(=O)C[NH+](C)Cc2nc3ccccc3s2)ccc1Br. The van der Waals surface area contributed by atoms with Crippen LogP contribution in [0.15, 0.2) is 46.9 Å². The van der Waals surface area contributed by atoms with Gasteiger partial charge in [-0.25, -0.2) is 4.98 Å². The summed E-state index contributed by atoms with van der Waals surface area (Å²) in [6, 6.07) is 13.9. The second-order valence-electron chi connectivity index (χ2n) is 5.90. The van der Waals surface area contributed by atoms with Crippen LogP contribution in [0.1, 0.15) is 10.6 Å². The minimum Gasteiger partial charge on any atom is -0.324 e. The molecular weight excluding hydrogens is 386 g/mol. The fraction of sp³-hybridized carbons (Fsp3) is 0.222. The molecule has 2 aromatic carbocycles. The lowest BCUT2D eigenvalue weighted by atomic mass is 10.2. The van der Waals surface area contributed by atoms with E-state index in [1.807, 2.05) is 50.4 Å². The highest BCUT2D eigenvalue weighted by Crippen LogP contribution is 2.21. The highest BCUT2D eigenvalue weighted by Gasteiger charge is 2.13. The average molecular weight is 405 g/mol. The Morgan fingerprint density at radius 2 is 2.08 bits per heavy atom. The van der Waals surface area contributed by atoms with Gasteiger partial charge in [0.15, 0.2) is 6.54 Å². The summed E-state index contributed by atoms with van der Waals surface area (Å²) < 4.78 is 2.23. The number of quaternary nitrogens is 1. The standard InChI is InChI=1S/C18H18BrN3OS/c1-12-9-13(7-8-14(12)19)20-17(23)10-22(2)11-18-21-15-5-3-4-6-16(15)24-18/h3-9H,10-11H2,1-2H3,(H,20,23)/p+1. The van der Waals surface area contributed by atoms with Crippen molar-refractivity contribution in [1.82, 2.24) is 4.98 Å². The van der Waals surface area contributed by atoms with E-state index >= 15 is 0 Å². The smallest absolute Gasteiger partial charge is 0.279 e. The quantitative estimate of drug-likeness (QED) is 0.686. The summed E-state index contributed by atoms with van der Waals surface area (Å²) in [5, 5.41) is 4.01. The summed E-state index contributed by atoms with van der Waals surface area (Å²) in [6.07, 6.45) is 0. The van der Waals surface area contributed by atoms with Crippen molar-refractivity contribution in [3.05, 3.63) is 57.5 Å². The first kappa shape index (κ1) is 17.1. The predicted octanol–water partition coefficient (Wildman–Crippen LogP) is 3.02. The number of hydrogen-bond acceptors (Lipinski definition) is 3. The van der Waals surface area contributed by atoms with Crippen LogP contribution in [0.5, 0.6) is 0 Å². The Morgan fingerprint density at radius 3 is 2.83 bits per heavy atom. The number of benzene rings is 2. The number of nitrogens with zero attached hydrogens (tertiary/aromatic N) is 1. The fourth-order valence-corrected chi connectivity index (χ4v) is 3.85. The summed E-state index contributed by atoms with van der Waals surface area (Å²) in [5.41, 5.74) is 2.96. The van der Waals surface area contributed by atoms with Gasteiger partial charge < -0.3 is 10.2 Å². The molecule has 4 nitrogen and oxygen atoms in total. The first-order valence-corrected chi connectivity index (χ1v) is 9.34. The van der Waals surface area contributed by atoms with Gasteiger partial charge in [-0.15, -0.1) is 11.3 Å². The van der Waals surface area contributed by atoms with E-state index in [0.717, 1.165) is 37.7 Å². The van der Waals surface area contributed by atoms with Gasteiger partial charge in [0.1, 0.15) is 11.6 Å². The Kier molecular flexibility index (Phi) is 5.28. The van der Waals surface area contributed by atoms with E-state index in [0.29, 0.717) is 6.54 Å². The van der Waals surface area contributed by atoms with Crippen LogP contribution < -0.4 is 10.2 Å². The summed E-state index contributed by atoms with van der Waals surface area (Å²) >= 11 is 5.16. The van der Waals surface area contributed by atoms with Crippen LogP contribution in [0.25, 0.3) is 10.2 Å². The van der Waals surface area contributed by atoms with E-state index in [4.69, 9.17) is 0 Å². The summed E-state index contributed by atoms with van der Waals surface area (Å²) in [4.78, 5) is 18.0. The molecule has 1 aromatic heterocycles. The zero-order valence-electron chi connectivity index (χ0n) is 13.6. The number of aryl methyl sites for hydroxylation is 1. The van der Waals surface area contributed by atoms with E-state index < -0.39 is 0 Å². The molecule has 0 saturated carbocycles. The van der Waals surface area contributed by atoms with Crippen molar-refractivity contribution in [2.45, 2.75) is 13.5 Å². The molecule has 0 aliphatic heterocycles. The van der Waals surface area contributed by atoms with E-state index in [-0.39, 0.29) is 5.91 Å². The van der Waals surface area contributed by atoms with Crippen LogP contribution in [-0.2, 0) is 11.3 Å². The number of thiazole rings is 1. The second kappa shape index (κ2) is 7.42. The van der Waals surface area contributed by atoms with Crippen molar-refractivity contribution < 1.29 is 9.69 Å². The molecule has 1 unspecified atom stereocenters. The summed E-state index contributed by atoms with van der Waals surface area (Å²) in [6.45, 7) is 3.15. The number of amides is 1. The minimum absolute atomic E-state index is 0.00957. The largest absolute Gasteiger partial charge is 0.324 e. The van der Waals surface area contributed by atoms with Crippen LogP contribution in [0, 0.1) is 6.92 Å². The number of halogens is 1. The van der Waals surface area contributed by atoms with Crippen molar-refractivity contribution >= 4 is 49.1 Å². The molecular formula is C18H19BrN3OS+. The molecule has 0 fully saturated rings. The van der Waals surface area contributed by atoms with Gasteiger partial charge in [0.05, 0.1) is 17.3 Å². The number of carbonyl (C=O) groups excluding carboxylic acids is 1. The molecule has 0 spiro atoms. The fourth-order valence-electron chi connectivity index (χ4n) is 2.52. The Bertz CT molecular complexity index is 845. The molecule has 124 valence electrons. The molecule has 2 N–H and O–H groups in total. The van der Waals surface area contributed by atoms with Gasteiger partial charge in [0.2, 0.25) is 0 Å². The maximum Gasteiger partial charge on any atom is 0.279 e. The average Bonchev–Trinajstić information content (AvgIpc) is 2.92. The molecule has 24 heavy (non-hydrogen) atoms. The highest BCUT2D eigenvalue weighted by molar-refractivity contribution is 9.10. The molecule has 0 aliphatic rings. The monoisotopic (exact) mass is 404 g/mol. The van der Waals surface area contributed by atoms with Gasteiger partial charge in [0, 0.05) is 10.2 Å². The zero-order chi connectivity index (χ0) is 17.1. The topological polar surface area (TPSA) is 46.4 Å². The number of anilines is 1. The number of hydrogen-bond donors (Lipinski definition) is 2. The molecule has 1 atom stereocenters. The zero-order valence-corrected chi connectivity index (χ0v) is 16.0. The number of fused-ring (bicyclic) bond motifs is 1. The highest BCUT2D eigenvalue weighted by atomic mass is 79.9. The van der Waals surface area contributed by atoms with E-state index in [1.165, 1.54) is 4.70 Å². The van der Waals surface area contributed by atoms with Crippen molar-refractivity contribution in [3.8, 4) is 0 Å². The molecule has 0 bridgehead atoms. The Balaban J connectivity index is 1.58. The predicted molar refractivity (Wildman–Crippen MR) is 103 cm³/mol. The van der Waals surface area contributed by atoms with Crippen molar-refractivity contribution in [2.24, 2.45) is 0 Å². The van der Waals surface area contributed by atoms with Crippen LogP contribution in [0.3, 0.4) is 0 Å². The lowest BCUT2D eigenvalue weighted by Gasteiger charge is -2.12. The first-order chi connectivity index (χ1) is 11.5. The summed E-state index contributed by atoms with van der Waals surface area (Å²) in [7, 11) is 2.01. The lowest BCUT2D eigenvalue weighted by molar-refractivity contribution is -0.885. The second-order valence-corrected chi connectivity index (χ2v) is 7.87. The van der Waals surface area contributed by atoms with Crippen molar-refractivity contribution in [2.75, 3.05) is 18.9 Å². The van der Waals surface area contributed by atoms with E-state index in [9.17, 15) is 4.79 Å². The lowest BCUT2D eigenvalue weighted by Crippen LogP contribution is -3.08. The third-order valence-electron chi connectivity index (χ3n) is 3.70. The van der Waals surface area contributed by atoms with Gasteiger partial charge in [0.25, 0.3) is 5.91 Å². The van der Waals surface area contributed by atoms with Crippen LogP contribution in [-0.4, -0.2) is 24.5 Å². The van der Waals surface area contributed by atoms with Gasteiger partial charge in [-0.2, -0.15) is 0 Å². The third kappa shape index (κ3) is 4.20. The third-order valence-corrected chi connectivity index (χ3v) is 5.62. The number of likely N-dealkylation sites (N-methyl/N-ethyl adjacent to an activating group) is 1. The van der Waals surface area contributed by atoms with Crippen LogP contribution >= 0.6 is 27.3 Å². The normalized spacial score (nSPS) is 12.3.